The van der Waals surface area contributed by atoms with Gasteiger partial charge in [0.2, 0.25) is 23.6 Å². The van der Waals surface area contributed by atoms with Gasteiger partial charge in [0.15, 0.2) is 0 Å². The van der Waals surface area contributed by atoms with E-state index in [-0.39, 0.29) is 43.7 Å². The molecule has 3 aromatic rings. The summed E-state index contributed by atoms with van der Waals surface area (Å²) in [7, 11) is 0. The van der Waals surface area contributed by atoms with E-state index in [9.17, 15) is 24.3 Å². The zero-order chi connectivity index (χ0) is 33.5. The van der Waals surface area contributed by atoms with Gasteiger partial charge < -0.3 is 32.1 Å². The van der Waals surface area contributed by atoms with Crippen LogP contribution in [-0.4, -0.2) is 64.3 Å². The molecule has 0 unspecified atom stereocenters. The third-order valence-electron chi connectivity index (χ3n) is 7.61. The summed E-state index contributed by atoms with van der Waals surface area (Å²) in [5, 5.41) is 15.2. The predicted octanol–water partition coefficient (Wildman–Crippen LogP) is 1.59. The molecule has 0 spiro atoms. The topological polar surface area (TPSA) is 168 Å². The van der Waals surface area contributed by atoms with Crippen LogP contribution in [0.2, 0.25) is 0 Å². The van der Waals surface area contributed by atoms with Gasteiger partial charge in [0, 0.05) is 19.4 Å². The molecule has 4 atom stereocenters. The van der Waals surface area contributed by atoms with Crippen LogP contribution in [0.25, 0.3) is 0 Å². The Morgan fingerprint density at radius 3 is 2.00 bits per heavy atom. The third-order valence-corrected chi connectivity index (χ3v) is 7.61. The first kappa shape index (κ1) is 29.1. The van der Waals surface area contributed by atoms with Crippen molar-refractivity contribution >= 4 is 23.6 Å². The number of amides is 4. The molecule has 10 nitrogen and oxygen atoms in total. The number of nitrogens with zero attached hydrogens (tertiary/aromatic N) is 1. The highest BCUT2D eigenvalue weighted by Crippen LogP contribution is 2.23. The quantitative estimate of drug-likeness (QED) is 0.198. The lowest BCUT2D eigenvalue weighted by molar-refractivity contribution is -0.139. The minimum atomic E-state index is -1.49. The lowest BCUT2D eigenvalue weighted by Gasteiger charge is -2.29. The number of aromatic hydroxyl groups is 1. The summed E-state index contributed by atoms with van der Waals surface area (Å²) in [5.41, 5.74) is 15.7. The molecule has 0 saturated carbocycles. The fraction of sp³-hybridized carbons (Fsp3) is 0.294. The van der Waals surface area contributed by atoms with Crippen molar-refractivity contribution in [3.8, 4) is 5.75 Å². The van der Waals surface area contributed by atoms with Gasteiger partial charge in [-0.1, -0.05) is 72.8 Å². The van der Waals surface area contributed by atoms with Crippen LogP contribution < -0.4 is 22.1 Å². The Morgan fingerprint density at radius 2 is 1.45 bits per heavy atom. The number of nitrogens with one attached hydrogen (secondary N) is 2. The third kappa shape index (κ3) is 8.11. The van der Waals surface area contributed by atoms with E-state index in [1.54, 1.807) is 80.6 Å². The first-order chi connectivity index (χ1) is 21.8. The number of carbonyl (C=O) groups is 4. The van der Waals surface area contributed by atoms with Crippen LogP contribution in [0.1, 0.15) is 30.6 Å². The molecule has 0 aliphatic carbocycles. The van der Waals surface area contributed by atoms with E-state index >= 15 is 0 Å². The molecule has 230 valence electrons. The number of phenolic OH excluding ortho intramolecular Hbond substituents is 1. The molecule has 0 saturated heterocycles. The zero-order valence-electron chi connectivity index (χ0n) is 26.7. The smallest absolute Gasteiger partial charge is 0.247 e. The van der Waals surface area contributed by atoms with Gasteiger partial charge in [-0.2, -0.15) is 0 Å². The minimum Gasteiger partial charge on any atom is -0.508 e. The molecule has 1 aliphatic rings. The molecule has 0 radical (unpaired) electrons. The number of hydrogen-bond donors (Lipinski definition) is 5. The maximum absolute atomic E-state index is 13.8. The molecule has 1 heterocycles. The summed E-state index contributed by atoms with van der Waals surface area (Å²) in [4.78, 5) is 54.4. The minimum absolute atomic E-state index is 0.0413. The number of hydrogen-bond acceptors (Lipinski definition) is 6. The number of rotatable bonds is 12. The summed E-state index contributed by atoms with van der Waals surface area (Å²) < 4.78 is 16.7. The van der Waals surface area contributed by atoms with Crippen molar-refractivity contribution < 1.29 is 27.0 Å². The Balaban J connectivity index is 1.55. The summed E-state index contributed by atoms with van der Waals surface area (Å²) >= 11 is 0. The highest BCUT2D eigenvalue weighted by atomic mass is 16.3. The van der Waals surface area contributed by atoms with Crippen LogP contribution in [0.5, 0.6) is 5.75 Å². The predicted molar refractivity (Wildman–Crippen MR) is 167 cm³/mol. The SMILES string of the molecule is [3H]C1=C([3H])[C@@H](C(=O)N[C@@H](Cc2ccccc2)C(=O)N[C@@H](Cc2ccccc2)C(N)=O)N(C(=O)[C@@H](N)Cc2c(C)cc(O)cc2C)C1. The molecule has 1 aliphatic heterocycles. The molecule has 4 amide bonds. The molecule has 0 fully saturated rings. The summed E-state index contributed by atoms with van der Waals surface area (Å²) in [6, 6.07) is 15.6. The van der Waals surface area contributed by atoms with E-state index < -0.39 is 47.8 Å². The Bertz CT molecular complexity index is 1610. The number of phenols is 1. The summed E-state index contributed by atoms with van der Waals surface area (Å²) in [6.07, 6.45) is 0.287. The summed E-state index contributed by atoms with van der Waals surface area (Å²) in [5.74, 6) is -2.81. The number of benzene rings is 3. The maximum atomic E-state index is 13.8. The lowest BCUT2D eigenvalue weighted by atomic mass is 9.95. The first-order valence-electron chi connectivity index (χ1n) is 15.3. The fourth-order valence-electron chi connectivity index (χ4n) is 5.28. The van der Waals surface area contributed by atoms with Gasteiger partial charge in [0.05, 0.1) is 8.78 Å². The van der Waals surface area contributed by atoms with Crippen molar-refractivity contribution in [2.24, 2.45) is 11.5 Å². The van der Waals surface area contributed by atoms with Crippen LogP contribution in [0.3, 0.4) is 0 Å². The van der Waals surface area contributed by atoms with Crippen LogP contribution in [0.15, 0.2) is 84.9 Å². The van der Waals surface area contributed by atoms with Crippen molar-refractivity contribution in [1.82, 2.24) is 15.5 Å². The van der Waals surface area contributed by atoms with Gasteiger partial charge in [-0.15, -0.1) is 0 Å². The van der Waals surface area contributed by atoms with Crippen molar-refractivity contribution in [2.75, 3.05) is 6.54 Å². The average Bonchev–Trinajstić information content (AvgIpc) is 3.32. The highest BCUT2D eigenvalue weighted by Gasteiger charge is 2.36. The van der Waals surface area contributed by atoms with Crippen LogP contribution in [0, 0.1) is 13.8 Å². The molecule has 4 rings (SSSR count). The van der Waals surface area contributed by atoms with Crippen molar-refractivity contribution in [1.29, 1.82) is 0 Å². The van der Waals surface area contributed by atoms with Gasteiger partial charge >= 0.3 is 0 Å². The number of primary amides is 1. The van der Waals surface area contributed by atoms with E-state index in [1.807, 2.05) is 6.07 Å². The van der Waals surface area contributed by atoms with Gasteiger partial charge in [-0.25, -0.2) is 0 Å². The fourth-order valence-corrected chi connectivity index (χ4v) is 5.28. The molecule has 3 aromatic carbocycles. The second-order valence-corrected chi connectivity index (χ2v) is 11.0. The average molecular weight is 602 g/mol. The van der Waals surface area contributed by atoms with E-state index in [0.29, 0.717) is 5.56 Å². The van der Waals surface area contributed by atoms with E-state index in [0.717, 1.165) is 27.2 Å². The maximum Gasteiger partial charge on any atom is 0.247 e. The second-order valence-electron chi connectivity index (χ2n) is 11.0. The lowest BCUT2D eigenvalue weighted by Crippen LogP contribution is -2.58. The van der Waals surface area contributed by atoms with Gasteiger partial charge in [0.1, 0.15) is 23.9 Å². The van der Waals surface area contributed by atoms with E-state index in [4.69, 9.17) is 14.2 Å². The number of nitrogens with two attached hydrogens (primary N) is 2. The molecule has 44 heavy (non-hydrogen) atoms. The molecular formula is C34H39N5O5. The number of aryl methyl sites for hydroxylation is 2. The van der Waals surface area contributed by atoms with Crippen molar-refractivity contribution in [3.05, 3.63) is 113 Å². The Labute approximate surface area is 259 Å². The first-order valence-corrected chi connectivity index (χ1v) is 14.3. The van der Waals surface area contributed by atoms with Gasteiger partial charge in [-0.3, -0.25) is 19.2 Å². The Morgan fingerprint density at radius 1 is 0.909 bits per heavy atom. The van der Waals surface area contributed by atoms with Crippen molar-refractivity contribution in [2.45, 2.75) is 57.3 Å². The van der Waals surface area contributed by atoms with Crippen LogP contribution >= 0.6 is 0 Å². The van der Waals surface area contributed by atoms with E-state index in [1.165, 1.54) is 0 Å². The van der Waals surface area contributed by atoms with Gasteiger partial charge in [-0.05, 0) is 60.2 Å². The molecule has 7 N–H and O–H groups in total. The molecule has 0 aromatic heterocycles. The highest BCUT2D eigenvalue weighted by molar-refractivity contribution is 5.96. The normalized spacial score (nSPS) is 17.2. The Hall–Kier alpha value is -4.96. The summed E-state index contributed by atoms with van der Waals surface area (Å²) in [6.45, 7) is 3.28. The molecule has 10 heteroatoms. The monoisotopic (exact) mass is 601 g/mol. The molecular weight excluding hydrogens is 558 g/mol. The zero-order valence-corrected chi connectivity index (χ0v) is 24.7. The van der Waals surface area contributed by atoms with E-state index in [2.05, 4.69) is 10.6 Å². The van der Waals surface area contributed by atoms with Gasteiger partial charge in [0.25, 0.3) is 0 Å². The standard InChI is InChI=1S/C34H39N5O5/c1-21-16-25(40)17-22(2)26(21)20-27(35)34(44)39-15-9-14-30(39)33(43)38-29(19-24-12-7-4-8-13-24)32(42)37-28(31(36)41)18-23-10-5-3-6-11-23/h3-14,16-17,27-30,40H,15,18-20,35H2,1-2H3,(H2,36,41)(H,37,42)(H,38,43)/t27-,28-,29-,30-/m0/s1/i9T,14T. The van der Waals surface area contributed by atoms with Crippen LogP contribution in [0.4, 0.5) is 0 Å². The second kappa shape index (κ2) is 14.5. The largest absolute Gasteiger partial charge is 0.508 e. The number of carbonyl (C=O) groups excluding carboxylic acids is 4. The molecule has 0 bridgehead atoms. The van der Waals surface area contributed by atoms with Crippen molar-refractivity contribution in [3.63, 3.8) is 0 Å². The van der Waals surface area contributed by atoms with Crippen LogP contribution in [-0.2, 0) is 38.4 Å². The Kier molecular flexibility index (Phi) is 9.58.